The molecule has 1 aliphatic rings. The van der Waals surface area contributed by atoms with Gasteiger partial charge in [-0.1, -0.05) is 42.5 Å². The van der Waals surface area contributed by atoms with Gasteiger partial charge in [0.15, 0.2) is 5.76 Å². The first-order valence-electron chi connectivity index (χ1n) is 12.0. The van der Waals surface area contributed by atoms with Crippen LogP contribution in [0.2, 0.25) is 0 Å². The van der Waals surface area contributed by atoms with Crippen molar-refractivity contribution in [2.75, 3.05) is 20.2 Å². The molecule has 8 nitrogen and oxygen atoms in total. The highest BCUT2D eigenvalue weighted by Crippen LogP contribution is 2.27. The summed E-state index contributed by atoms with van der Waals surface area (Å²) >= 11 is 0. The number of benzene rings is 2. The van der Waals surface area contributed by atoms with Crippen LogP contribution in [0.4, 0.5) is 0 Å². The fourth-order valence-corrected chi connectivity index (χ4v) is 4.47. The number of carbonyl (C=O) groups is 2. The van der Waals surface area contributed by atoms with Crippen LogP contribution in [0.3, 0.4) is 0 Å². The van der Waals surface area contributed by atoms with Gasteiger partial charge in [0, 0.05) is 30.9 Å². The Morgan fingerprint density at radius 3 is 2.58 bits per heavy atom. The molecule has 1 fully saturated rings. The zero-order chi connectivity index (χ0) is 24.9. The number of nitrogens with zero attached hydrogens (tertiary/aromatic N) is 3. The lowest BCUT2D eigenvalue weighted by molar-refractivity contribution is 0.0667. The molecule has 0 unspecified atom stereocenters. The van der Waals surface area contributed by atoms with Gasteiger partial charge in [0.1, 0.15) is 11.4 Å². The van der Waals surface area contributed by atoms with E-state index in [1.54, 1.807) is 35.0 Å². The van der Waals surface area contributed by atoms with Crippen LogP contribution in [0, 0.1) is 0 Å². The summed E-state index contributed by atoms with van der Waals surface area (Å²) in [5.74, 6) is 0.742. The van der Waals surface area contributed by atoms with Crippen molar-refractivity contribution in [2.24, 2.45) is 0 Å². The molecule has 1 N–H and O–H groups in total. The average Bonchev–Trinajstić information content (AvgIpc) is 3.60. The van der Waals surface area contributed by atoms with Crippen LogP contribution in [0.25, 0.3) is 11.3 Å². The molecule has 0 saturated carbocycles. The van der Waals surface area contributed by atoms with Crippen molar-refractivity contribution in [1.82, 2.24) is 20.0 Å². The standard InChI is InChI=1S/C28H28N4O4/c1-35-23-10-5-9-21(17-23)26-24(19-32(30-26)18-20-7-3-2-4-8-20)27(33)29-22-12-14-31(15-13-22)28(34)25-11-6-16-36-25/h2-11,16-17,19,22H,12-15,18H2,1H3,(H,29,33). The maximum Gasteiger partial charge on any atom is 0.289 e. The minimum Gasteiger partial charge on any atom is -0.497 e. The smallest absolute Gasteiger partial charge is 0.289 e. The third-order valence-corrected chi connectivity index (χ3v) is 6.39. The van der Waals surface area contributed by atoms with E-state index in [-0.39, 0.29) is 17.9 Å². The van der Waals surface area contributed by atoms with Crippen LogP contribution >= 0.6 is 0 Å². The van der Waals surface area contributed by atoms with Gasteiger partial charge in [0.2, 0.25) is 0 Å². The van der Waals surface area contributed by atoms with Crippen LogP contribution in [0.15, 0.2) is 83.6 Å². The van der Waals surface area contributed by atoms with Gasteiger partial charge in [0.05, 0.1) is 25.5 Å². The van der Waals surface area contributed by atoms with Crippen LogP contribution in [-0.4, -0.2) is 52.7 Å². The summed E-state index contributed by atoms with van der Waals surface area (Å²) in [5, 5.41) is 7.93. The van der Waals surface area contributed by atoms with E-state index in [0.717, 1.165) is 11.1 Å². The molecule has 0 aliphatic carbocycles. The highest BCUT2D eigenvalue weighted by molar-refractivity contribution is 6.00. The van der Waals surface area contributed by atoms with Crippen LogP contribution in [0.5, 0.6) is 5.75 Å². The second kappa shape index (κ2) is 10.5. The van der Waals surface area contributed by atoms with E-state index < -0.39 is 0 Å². The van der Waals surface area contributed by atoms with Gasteiger partial charge in [0.25, 0.3) is 11.8 Å². The molecule has 2 aromatic carbocycles. The van der Waals surface area contributed by atoms with E-state index in [9.17, 15) is 9.59 Å². The number of carbonyl (C=O) groups excluding carboxylic acids is 2. The van der Waals surface area contributed by atoms with E-state index in [4.69, 9.17) is 14.3 Å². The zero-order valence-corrected chi connectivity index (χ0v) is 20.1. The van der Waals surface area contributed by atoms with Crippen LogP contribution < -0.4 is 10.1 Å². The molecule has 0 atom stereocenters. The lowest BCUT2D eigenvalue weighted by Crippen LogP contribution is -2.46. The van der Waals surface area contributed by atoms with Crippen LogP contribution in [0.1, 0.15) is 39.3 Å². The van der Waals surface area contributed by atoms with Gasteiger partial charge in [-0.25, -0.2) is 0 Å². The van der Waals surface area contributed by atoms with Crippen molar-refractivity contribution in [3.63, 3.8) is 0 Å². The maximum absolute atomic E-state index is 13.4. The van der Waals surface area contributed by atoms with E-state index >= 15 is 0 Å². The Labute approximate surface area is 209 Å². The lowest BCUT2D eigenvalue weighted by Gasteiger charge is -2.31. The summed E-state index contributed by atoms with van der Waals surface area (Å²) in [6.07, 6.45) is 4.64. The molecule has 36 heavy (non-hydrogen) atoms. The Morgan fingerprint density at radius 1 is 1.06 bits per heavy atom. The SMILES string of the molecule is COc1cccc(-c2nn(Cc3ccccc3)cc2C(=O)NC2CCN(C(=O)c3ccco3)CC2)c1. The van der Waals surface area contributed by atoms with E-state index in [2.05, 4.69) is 5.32 Å². The number of hydrogen-bond donors (Lipinski definition) is 1. The van der Waals surface area contributed by atoms with Crippen molar-refractivity contribution >= 4 is 11.8 Å². The Bertz CT molecular complexity index is 1320. The van der Waals surface area contributed by atoms with Gasteiger partial charge in [-0.3, -0.25) is 14.3 Å². The Kier molecular flexibility index (Phi) is 6.84. The van der Waals surface area contributed by atoms with Crippen molar-refractivity contribution in [3.05, 3.63) is 96.1 Å². The minimum atomic E-state index is -0.178. The van der Waals surface area contributed by atoms with E-state index in [0.29, 0.717) is 55.2 Å². The third-order valence-electron chi connectivity index (χ3n) is 6.39. The summed E-state index contributed by atoms with van der Waals surface area (Å²) < 4.78 is 12.4. The largest absolute Gasteiger partial charge is 0.497 e. The molecule has 0 spiro atoms. The molecule has 1 aliphatic heterocycles. The summed E-state index contributed by atoms with van der Waals surface area (Å²) in [4.78, 5) is 27.7. The molecular weight excluding hydrogens is 456 g/mol. The number of methoxy groups -OCH3 is 1. The van der Waals surface area contributed by atoms with Gasteiger partial charge in [-0.05, 0) is 42.7 Å². The Balaban J connectivity index is 1.32. The first-order valence-corrected chi connectivity index (χ1v) is 12.0. The third kappa shape index (κ3) is 5.17. The van der Waals surface area contributed by atoms with Crippen molar-refractivity contribution < 1.29 is 18.7 Å². The maximum atomic E-state index is 13.4. The number of amides is 2. The van der Waals surface area contributed by atoms with Gasteiger partial charge in [-0.15, -0.1) is 0 Å². The summed E-state index contributed by atoms with van der Waals surface area (Å²) in [6, 6.07) is 20.9. The first-order chi connectivity index (χ1) is 17.6. The van der Waals surface area contributed by atoms with E-state index in [1.807, 2.05) is 54.6 Å². The molecule has 2 amide bonds. The number of furan rings is 1. The van der Waals surface area contributed by atoms with Crippen molar-refractivity contribution in [2.45, 2.75) is 25.4 Å². The fraction of sp³-hybridized carbons (Fsp3) is 0.250. The highest BCUT2D eigenvalue weighted by Gasteiger charge is 2.27. The predicted octanol–water partition coefficient (Wildman–Crippen LogP) is 4.23. The quantitative estimate of drug-likeness (QED) is 0.424. The Hall–Kier alpha value is -4.33. The van der Waals surface area contributed by atoms with Crippen molar-refractivity contribution in [3.8, 4) is 17.0 Å². The highest BCUT2D eigenvalue weighted by atomic mass is 16.5. The van der Waals surface area contributed by atoms with Crippen LogP contribution in [-0.2, 0) is 6.54 Å². The summed E-state index contributed by atoms with van der Waals surface area (Å²) in [5.41, 5.74) is 3.02. The number of piperidine rings is 1. The topological polar surface area (TPSA) is 89.6 Å². The number of hydrogen-bond acceptors (Lipinski definition) is 5. The second-order valence-corrected chi connectivity index (χ2v) is 8.82. The number of likely N-dealkylation sites (tertiary alicyclic amines) is 1. The molecule has 1 saturated heterocycles. The molecule has 4 aromatic rings. The fourth-order valence-electron chi connectivity index (χ4n) is 4.47. The lowest BCUT2D eigenvalue weighted by atomic mass is 10.0. The average molecular weight is 485 g/mol. The van der Waals surface area contributed by atoms with E-state index in [1.165, 1.54) is 6.26 Å². The molecule has 8 heteroatoms. The van der Waals surface area contributed by atoms with Gasteiger partial charge in [-0.2, -0.15) is 5.10 Å². The number of aromatic nitrogens is 2. The molecule has 3 heterocycles. The monoisotopic (exact) mass is 484 g/mol. The number of nitrogens with one attached hydrogen (secondary N) is 1. The molecule has 0 radical (unpaired) electrons. The predicted molar refractivity (Wildman–Crippen MR) is 135 cm³/mol. The number of ether oxygens (including phenoxy) is 1. The molecule has 0 bridgehead atoms. The van der Waals surface area contributed by atoms with Crippen molar-refractivity contribution in [1.29, 1.82) is 0 Å². The first kappa shape index (κ1) is 23.4. The minimum absolute atomic E-state index is 0.0335. The second-order valence-electron chi connectivity index (χ2n) is 8.82. The number of rotatable bonds is 7. The molecular formula is C28H28N4O4. The normalized spacial score (nSPS) is 14.0. The molecule has 184 valence electrons. The molecule has 2 aromatic heterocycles. The summed E-state index contributed by atoms with van der Waals surface area (Å²) in [6.45, 7) is 1.67. The van der Waals surface area contributed by atoms with Gasteiger partial charge >= 0.3 is 0 Å². The molecule has 5 rings (SSSR count). The van der Waals surface area contributed by atoms with Gasteiger partial charge < -0.3 is 19.4 Å². The zero-order valence-electron chi connectivity index (χ0n) is 20.1. The summed E-state index contributed by atoms with van der Waals surface area (Å²) in [7, 11) is 1.61. The Morgan fingerprint density at radius 2 is 1.86 bits per heavy atom.